The average Bonchev–Trinajstić information content (AvgIpc) is 3.39. The number of ether oxygens (including phenoxy) is 1. The highest BCUT2D eigenvalue weighted by Gasteiger charge is 2.23. The van der Waals surface area contributed by atoms with E-state index in [2.05, 4.69) is 21.6 Å². The van der Waals surface area contributed by atoms with Gasteiger partial charge >= 0.3 is 0 Å². The first-order chi connectivity index (χ1) is 16.4. The molecule has 1 amide bonds. The van der Waals surface area contributed by atoms with Crippen molar-refractivity contribution < 1.29 is 18.3 Å². The van der Waals surface area contributed by atoms with Crippen LogP contribution in [0.15, 0.2) is 23.4 Å². The van der Waals surface area contributed by atoms with Gasteiger partial charge in [0, 0.05) is 17.5 Å². The van der Waals surface area contributed by atoms with Crippen LogP contribution >= 0.6 is 23.1 Å². The predicted octanol–water partition coefficient (Wildman–Crippen LogP) is 5.26. The third kappa shape index (κ3) is 5.08. The smallest absolute Gasteiger partial charge is 0.235 e. The molecule has 1 aliphatic rings. The summed E-state index contributed by atoms with van der Waals surface area (Å²) in [6.45, 7) is 4.11. The van der Waals surface area contributed by atoms with Crippen LogP contribution in [0.25, 0.3) is 0 Å². The Morgan fingerprint density at radius 2 is 2.15 bits per heavy atom. The van der Waals surface area contributed by atoms with E-state index in [0.29, 0.717) is 28.1 Å². The number of benzene rings is 1. The fourth-order valence-corrected chi connectivity index (χ4v) is 5.95. The van der Waals surface area contributed by atoms with E-state index in [9.17, 15) is 18.8 Å². The number of nitrogens with one attached hydrogen (secondary N) is 1. The van der Waals surface area contributed by atoms with Gasteiger partial charge in [-0.3, -0.25) is 4.79 Å². The molecular weight excluding hydrogens is 480 g/mol. The van der Waals surface area contributed by atoms with Gasteiger partial charge in [0.05, 0.1) is 11.3 Å². The third-order valence-electron chi connectivity index (χ3n) is 5.49. The van der Waals surface area contributed by atoms with Crippen molar-refractivity contribution in [3.8, 4) is 11.8 Å². The number of nitriles is 1. The zero-order chi connectivity index (χ0) is 24.2. The molecule has 2 aromatic heterocycles. The van der Waals surface area contributed by atoms with Crippen molar-refractivity contribution in [2.24, 2.45) is 0 Å². The molecule has 1 atom stereocenters. The fraction of sp³-hybridized carbons (Fsp3) is 0.391. The van der Waals surface area contributed by atoms with E-state index in [0.717, 1.165) is 43.4 Å². The number of thiophene rings is 1. The number of fused-ring (bicyclic) bond motifs is 1. The summed E-state index contributed by atoms with van der Waals surface area (Å²) in [6.07, 6.45) is 3.35. The van der Waals surface area contributed by atoms with Gasteiger partial charge in [-0.05, 0) is 57.2 Å². The maximum atomic E-state index is 14.0. The molecule has 0 saturated carbocycles. The Hall–Kier alpha value is -2.97. The number of nitrogens with zero attached hydrogens (tertiary/aromatic N) is 4. The summed E-state index contributed by atoms with van der Waals surface area (Å²) in [5.74, 6) is -1.24. The van der Waals surface area contributed by atoms with E-state index in [1.54, 1.807) is 11.5 Å². The number of thioether (sulfide) groups is 1. The lowest BCUT2D eigenvalue weighted by Crippen LogP contribution is -2.15. The van der Waals surface area contributed by atoms with Crippen LogP contribution in [0.5, 0.6) is 5.75 Å². The lowest BCUT2D eigenvalue weighted by molar-refractivity contribution is -0.113. The van der Waals surface area contributed by atoms with E-state index in [1.807, 2.05) is 6.92 Å². The minimum Gasteiger partial charge on any atom is -0.480 e. The van der Waals surface area contributed by atoms with Crippen LogP contribution in [0.1, 0.15) is 54.6 Å². The van der Waals surface area contributed by atoms with Crippen LogP contribution in [-0.2, 0) is 24.2 Å². The highest BCUT2D eigenvalue weighted by Crippen LogP contribution is 2.37. The first kappa shape index (κ1) is 24.2. The molecule has 1 aliphatic carbocycles. The van der Waals surface area contributed by atoms with Gasteiger partial charge in [-0.1, -0.05) is 11.8 Å². The summed E-state index contributed by atoms with van der Waals surface area (Å²) in [5.41, 5.74) is 1.65. The SMILES string of the molecule is CCn1c(SCC(=O)Nc2sc3c(c2C#N)CCCC3)nnc1C(C)Oc1ccc(F)cc1F. The first-order valence-corrected chi connectivity index (χ1v) is 12.7. The molecule has 3 aromatic rings. The molecule has 7 nitrogen and oxygen atoms in total. The van der Waals surface area contributed by atoms with Gasteiger partial charge in [0.15, 0.2) is 28.7 Å². The van der Waals surface area contributed by atoms with Crippen LogP contribution in [0.3, 0.4) is 0 Å². The summed E-state index contributed by atoms with van der Waals surface area (Å²) >= 11 is 2.70. The van der Waals surface area contributed by atoms with E-state index < -0.39 is 17.7 Å². The quantitative estimate of drug-likeness (QED) is 0.422. The Balaban J connectivity index is 1.41. The Labute approximate surface area is 204 Å². The van der Waals surface area contributed by atoms with Crippen molar-refractivity contribution in [1.82, 2.24) is 14.8 Å². The standard InChI is InChI=1S/C23H23F2N5O2S2/c1-3-30-21(13(2)32-18-9-8-14(24)10-17(18)25)28-29-23(30)33-12-20(31)27-22-16(11-26)15-6-4-5-7-19(15)34-22/h8-10,13H,3-7,12H2,1-2H3,(H,27,31). The minimum atomic E-state index is -0.798. The number of hydrogen-bond donors (Lipinski definition) is 1. The molecule has 178 valence electrons. The van der Waals surface area contributed by atoms with E-state index in [-0.39, 0.29) is 17.4 Å². The third-order valence-corrected chi connectivity index (χ3v) is 7.67. The molecule has 1 aromatic carbocycles. The summed E-state index contributed by atoms with van der Waals surface area (Å²) in [6, 6.07) is 5.35. The van der Waals surface area contributed by atoms with E-state index in [4.69, 9.17) is 4.74 Å². The minimum absolute atomic E-state index is 0.0833. The van der Waals surface area contributed by atoms with Gasteiger partial charge in [0.1, 0.15) is 16.9 Å². The number of amides is 1. The Bertz CT molecular complexity index is 1250. The molecule has 11 heteroatoms. The summed E-state index contributed by atoms with van der Waals surface area (Å²) in [5, 5.41) is 21.9. The van der Waals surface area contributed by atoms with Crippen LogP contribution in [0.2, 0.25) is 0 Å². The van der Waals surface area contributed by atoms with Crippen molar-refractivity contribution in [1.29, 1.82) is 5.26 Å². The molecule has 4 rings (SSSR count). The van der Waals surface area contributed by atoms with E-state index >= 15 is 0 Å². The van der Waals surface area contributed by atoms with Crippen molar-refractivity contribution >= 4 is 34.0 Å². The second-order valence-electron chi connectivity index (χ2n) is 7.78. The van der Waals surface area contributed by atoms with Gasteiger partial charge in [-0.15, -0.1) is 21.5 Å². The lowest BCUT2D eigenvalue weighted by atomic mass is 9.96. The van der Waals surface area contributed by atoms with Crippen molar-refractivity contribution in [3.05, 3.63) is 51.7 Å². The van der Waals surface area contributed by atoms with Gasteiger partial charge in [0.2, 0.25) is 5.91 Å². The average molecular weight is 504 g/mol. The topological polar surface area (TPSA) is 92.8 Å². The number of carbonyl (C=O) groups is 1. The van der Waals surface area contributed by atoms with Gasteiger partial charge < -0.3 is 14.6 Å². The number of aryl methyl sites for hydroxylation is 1. The second kappa shape index (κ2) is 10.5. The van der Waals surface area contributed by atoms with Crippen LogP contribution < -0.4 is 10.1 Å². The van der Waals surface area contributed by atoms with Crippen molar-refractivity contribution in [2.75, 3.05) is 11.1 Å². The van der Waals surface area contributed by atoms with Crippen LogP contribution in [0, 0.1) is 23.0 Å². The number of carbonyl (C=O) groups excluding carboxylic acids is 1. The van der Waals surface area contributed by atoms with E-state index in [1.165, 1.54) is 34.0 Å². The summed E-state index contributed by atoms with van der Waals surface area (Å²) in [7, 11) is 0. The molecule has 1 N–H and O–H groups in total. The molecule has 1 unspecified atom stereocenters. The predicted molar refractivity (Wildman–Crippen MR) is 126 cm³/mol. The van der Waals surface area contributed by atoms with Crippen molar-refractivity contribution in [2.45, 2.75) is 57.3 Å². The normalized spacial score (nSPS) is 13.7. The molecule has 0 spiro atoms. The Morgan fingerprint density at radius 1 is 1.35 bits per heavy atom. The van der Waals surface area contributed by atoms with Gasteiger partial charge in [0.25, 0.3) is 0 Å². The molecule has 34 heavy (non-hydrogen) atoms. The molecule has 0 radical (unpaired) electrons. The highest BCUT2D eigenvalue weighted by atomic mass is 32.2. The molecule has 0 fully saturated rings. The summed E-state index contributed by atoms with van der Waals surface area (Å²) < 4.78 is 34.5. The maximum absolute atomic E-state index is 14.0. The molecule has 0 saturated heterocycles. The first-order valence-electron chi connectivity index (χ1n) is 10.9. The molecular formula is C23H23F2N5O2S2. The Morgan fingerprint density at radius 3 is 2.88 bits per heavy atom. The lowest BCUT2D eigenvalue weighted by Gasteiger charge is -2.16. The Kier molecular flexibility index (Phi) is 7.48. The van der Waals surface area contributed by atoms with Crippen molar-refractivity contribution in [3.63, 3.8) is 0 Å². The number of halogens is 2. The fourth-order valence-electron chi connectivity index (χ4n) is 3.88. The van der Waals surface area contributed by atoms with Gasteiger partial charge in [-0.2, -0.15) is 5.26 Å². The molecule has 0 aliphatic heterocycles. The molecule has 2 heterocycles. The second-order valence-corrected chi connectivity index (χ2v) is 9.83. The summed E-state index contributed by atoms with van der Waals surface area (Å²) in [4.78, 5) is 13.8. The number of anilines is 1. The number of aromatic nitrogens is 3. The van der Waals surface area contributed by atoms with Gasteiger partial charge in [-0.25, -0.2) is 8.78 Å². The number of hydrogen-bond acceptors (Lipinski definition) is 7. The number of rotatable bonds is 8. The monoisotopic (exact) mass is 503 g/mol. The maximum Gasteiger partial charge on any atom is 0.235 e. The van der Waals surface area contributed by atoms with Crippen LogP contribution in [-0.4, -0.2) is 26.4 Å². The zero-order valence-corrected chi connectivity index (χ0v) is 20.4. The zero-order valence-electron chi connectivity index (χ0n) is 18.7. The largest absolute Gasteiger partial charge is 0.480 e. The molecule has 0 bridgehead atoms. The van der Waals surface area contributed by atoms with Crippen LogP contribution in [0.4, 0.5) is 13.8 Å². The highest BCUT2D eigenvalue weighted by molar-refractivity contribution is 7.99.